The first-order valence-electron chi connectivity index (χ1n) is 8.63. The van der Waals surface area contributed by atoms with Crippen LogP contribution >= 0.6 is 0 Å². The summed E-state index contributed by atoms with van der Waals surface area (Å²) in [6, 6.07) is 6.16. The van der Waals surface area contributed by atoms with Crippen molar-refractivity contribution in [3.63, 3.8) is 0 Å². The van der Waals surface area contributed by atoms with Gasteiger partial charge in [-0.25, -0.2) is 4.98 Å². The van der Waals surface area contributed by atoms with E-state index in [1.807, 2.05) is 12.3 Å². The van der Waals surface area contributed by atoms with Gasteiger partial charge in [0.15, 0.2) is 0 Å². The van der Waals surface area contributed by atoms with Gasteiger partial charge in [-0.15, -0.1) is 0 Å². The Balaban J connectivity index is 1.54. The minimum absolute atomic E-state index is 0.954. The van der Waals surface area contributed by atoms with Gasteiger partial charge in [0, 0.05) is 44.5 Å². The standard InChI is InChI=1S/C18H27N5/c1-3-18-20-15(2)17(21-18)14-23-10-6-9-22(11-12-23)13-16-7-4-5-8-19-16/h4-5,7-8H,3,6,9-14H2,1-2H3,(H,20,21). The van der Waals surface area contributed by atoms with Crippen LogP contribution in [-0.4, -0.2) is 50.9 Å². The Hall–Kier alpha value is -1.72. The first-order chi connectivity index (χ1) is 11.2. The average Bonchev–Trinajstić information content (AvgIpc) is 2.78. The van der Waals surface area contributed by atoms with Gasteiger partial charge >= 0.3 is 0 Å². The van der Waals surface area contributed by atoms with E-state index in [1.54, 1.807) is 0 Å². The zero-order valence-corrected chi connectivity index (χ0v) is 14.3. The van der Waals surface area contributed by atoms with Crippen LogP contribution in [0.3, 0.4) is 0 Å². The molecule has 1 saturated heterocycles. The van der Waals surface area contributed by atoms with Crippen LogP contribution < -0.4 is 0 Å². The molecule has 23 heavy (non-hydrogen) atoms. The maximum absolute atomic E-state index is 4.72. The highest BCUT2D eigenvalue weighted by molar-refractivity contribution is 5.13. The van der Waals surface area contributed by atoms with Gasteiger partial charge in [-0.3, -0.25) is 14.8 Å². The SMILES string of the molecule is CCc1nc(CN2CCCN(Cc3ccccn3)CC2)c(C)[nH]1. The number of nitrogens with one attached hydrogen (secondary N) is 1. The molecule has 5 nitrogen and oxygen atoms in total. The maximum Gasteiger partial charge on any atom is 0.106 e. The molecular weight excluding hydrogens is 286 g/mol. The predicted octanol–water partition coefficient (Wildman–Crippen LogP) is 2.38. The van der Waals surface area contributed by atoms with Crippen molar-refractivity contribution in [2.75, 3.05) is 26.2 Å². The van der Waals surface area contributed by atoms with E-state index in [9.17, 15) is 0 Å². The predicted molar refractivity (Wildman–Crippen MR) is 92.1 cm³/mol. The van der Waals surface area contributed by atoms with E-state index >= 15 is 0 Å². The first-order valence-corrected chi connectivity index (χ1v) is 8.63. The Kier molecular flexibility index (Phi) is 5.41. The molecule has 0 bridgehead atoms. The molecule has 0 aliphatic carbocycles. The van der Waals surface area contributed by atoms with E-state index in [1.165, 1.54) is 17.8 Å². The number of H-pyrrole nitrogens is 1. The van der Waals surface area contributed by atoms with E-state index in [0.29, 0.717) is 0 Å². The summed E-state index contributed by atoms with van der Waals surface area (Å²) >= 11 is 0. The molecule has 3 heterocycles. The third-order valence-electron chi connectivity index (χ3n) is 4.54. The van der Waals surface area contributed by atoms with Gasteiger partial charge in [0.05, 0.1) is 11.4 Å². The van der Waals surface area contributed by atoms with Crippen molar-refractivity contribution in [1.29, 1.82) is 0 Å². The number of nitrogens with zero attached hydrogens (tertiary/aromatic N) is 4. The Bertz CT molecular complexity index is 607. The molecule has 0 spiro atoms. The first kappa shape index (κ1) is 16.1. The summed E-state index contributed by atoms with van der Waals surface area (Å²) in [5.41, 5.74) is 3.59. The van der Waals surface area contributed by atoms with Crippen LogP contribution in [0.4, 0.5) is 0 Å². The molecule has 0 amide bonds. The highest BCUT2D eigenvalue weighted by Crippen LogP contribution is 2.13. The number of aromatic nitrogens is 3. The van der Waals surface area contributed by atoms with Crippen LogP contribution in [0.5, 0.6) is 0 Å². The molecule has 124 valence electrons. The number of rotatable bonds is 5. The zero-order valence-electron chi connectivity index (χ0n) is 14.3. The molecular formula is C18H27N5. The van der Waals surface area contributed by atoms with Crippen LogP contribution in [0.15, 0.2) is 24.4 Å². The normalized spacial score (nSPS) is 17.3. The molecule has 1 fully saturated rings. The van der Waals surface area contributed by atoms with Gasteiger partial charge in [0.25, 0.3) is 0 Å². The summed E-state index contributed by atoms with van der Waals surface area (Å²) in [5, 5.41) is 0. The number of aromatic amines is 1. The van der Waals surface area contributed by atoms with Gasteiger partial charge in [0.2, 0.25) is 0 Å². The summed E-state index contributed by atoms with van der Waals surface area (Å²) < 4.78 is 0. The molecule has 0 unspecified atom stereocenters. The lowest BCUT2D eigenvalue weighted by Gasteiger charge is -2.21. The van der Waals surface area contributed by atoms with Gasteiger partial charge in [-0.05, 0) is 38.6 Å². The second kappa shape index (κ2) is 7.70. The van der Waals surface area contributed by atoms with Crippen LogP contribution in [0, 0.1) is 6.92 Å². The summed E-state index contributed by atoms with van der Waals surface area (Å²) in [5.74, 6) is 1.10. The van der Waals surface area contributed by atoms with Crippen LogP contribution in [0.2, 0.25) is 0 Å². The van der Waals surface area contributed by atoms with Crippen molar-refractivity contribution in [3.05, 3.63) is 47.3 Å². The fourth-order valence-electron chi connectivity index (χ4n) is 3.16. The van der Waals surface area contributed by atoms with Crippen molar-refractivity contribution in [2.45, 2.75) is 39.8 Å². The number of hydrogen-bond acceptors (Lipinski definition) is 4. The highest BCUT2D eigenvalue weighted by atomic mass is 15.2. The molecule has 1 aliphatic heterocycles. The highest BCUT2D eigenvalue weighted by Gasteiger charge is 2.17. The molecule has 2 aromatic heterocycles. The van der Waals surface area contributed by atoms with Gasteiger partial charge < -0.3 is 4.98 Å². The molecule has 0 aromatic carbocycles. The molecule has 3 rings (SSSR count). The smallest absolute Gasteiger partial charge is 0.106 e. The number of hydrogen-bond donors (Lipinski definition) is 1. The van der Waals surface area contributed by atoms with E-state index < -0.39 is 0 Å². The van der Waals surface area contributed by atoms with E-state index in [2.05, 4.69) is 45.7 Å². The second-order valence-corrected chi connectivity index (χ2v) is 6.34. The monoisotopic (exact) mass is 313 g/mol. The topological polar surface area (TPSA) is 48.1 Å². The lowest BCUT2D eigenvalue weighted by Crippen LogP contribution is -2.30. The van der Waals surface area contributed by atoms with Crippen molar-refractivity contribution in [1.82, 2.24) is 24.8 Å². The largest absolute Gasteiger partial charge is 0.346 e. The van der Waals surface area contributed by atoms with Crippen molar-refractivity contribution in [3.8, 4) is 0 Å². The molecule has 0 saturated carbocycles. The Morgan fingerprint density at radius 2 is 1.87 bits per heavy atom. The molecule has 0 atom stereocenters. The lowest BCUT2D eigenvalue weighted by atomic mass is 10.3. The van der Waals surface area contributed by atoms with Crippen LogP contribution in [0.1, 0.15) is 36.3 Å². The van der Waals surface area contributed by atoms with E-state index in [0.717, 1.165) is 57.2 Å². The van der Waals surface area contributed by atoms with Gasteiger partial charge in [0.1, 0.15) is 5.82 Å². The molecule has 1 aliphatic rings. The van der Waals surface area contributed by atoms with Crippen LogP contribution in [-0.2, 0) is 19.5 Å². The van der Waals surface area contributed by atoms with Crippen molar-refractivity contribution in [2.24, 2.45) is 0 Å². The van der Waals surface area contributed by atoms with Gasteiger partial charge in [-0.1, -0.05) is 13.0 Å². The lowest BCUT2D eigenvalue weighted by molar-refractivity contribution is 0.244. The minimum Gasteiger partial charge on any atom is -0.346 e. The summed E-state index contributed by atoms with van der Waals surface area (Å²) in [7, 11) is 0. The second-order valence-electron chi connectivity index (χ2n) is 6.34. The summed E-state index contributed by atoms with van der Waals surface area (Å²) in [4.78, 5) is 17.6. The van der Waals surface area contributed by atoms with Gasteiger partial charge in [-0.2, -0.15) is 0 Å². The zero-order chi connectivity index (χ0) is 16.1. The molecule has 2 aromatic rings. The number of aryl methyl sites for hydroxylation is 2. The number of pyridine rings is 1. The Labute approximate surface area is 138 Å². The minimum atomic E-state index is 0.954. The Morgan fingerprint density at radius 1 is 1.09 bits per heavy atom. The molecule has 5 heteroatoms. The number of imidazole rings is 1. The van der Waals surface area contributed by atoms with Crippen molar-refractivity contribution < 1.29 is 0 Å². The average molecular weight is 313 g/mol. The molecule has 1 N–H and O–H groups in total. The quantitative estimate of drug-likeness (QED) is 0.921. The van der Waals surface area contributed by atoms with E-state index in [4.69, 9.17) is 4.98 Å². The summed E-state index contributed by atoms with van der Waals surface area (Å²) in [6.45, 7) is 10.7. The summed E-state index contributed by atoms with van der Waals surface area (Å²) in [6.07, 6.45) is 4.06. The Morgan fingerprint density at radius 3 is 2.52 bits per heavy atom. The van der Waals surface area contributed by atoms with Crippen molar-refractivity contribution >= 4 is 0 Å². The fourth-order valence-corrected chi connectivity index (χ4v) is 3.16. The van der Waals surface area contributed by atoms with E-state index in [-0.39, 0.29) is 0 Å². The third-order valence-corrected chi connectivity index (χ3v) is 4.54. The maximum atomic E-state index is 4.72. The van der Waals surface area contributed by atoms with Crippen LogP contribution in [0.25, 0.3) is 0 Å². The molecule has 0 radical (unpaired) electrons. The third kappa shape index (κ3) is 4.39. The fraction of sp³-hybridized carbons (Fsp3) is 0.556.